The fraction of sp³-hybridized carbons (Fsp3) is 0. The molecule has 13 nitrogen and oxygen atoms in total. The third kappa shape index (κ3) is 1520. The van der Waals surface area contributed by atoms with Crippen LogP contribution in [0.1, 0.15) is 1.43 Å². The molecule has 0 unspecified atom stereocenters. The predicted molar refractivity (Wildman–Crippen MR) is 47.5 cm³/mol. The Bertz CT molecular complexity index is 221. The topological polar surface area (TPSA) is 307 Å². The van der Waals surface area contributed by atoms with Crippen molar-refractivity contribution in [3.63, 3.8) is 0 Å². The number of hydrogen-bond donors (Lipinski definition) is 4. The van der Waals surface area contributed by atoms with E-state index < -0.39 is 20.8 Å². The molecule has 0 saturated carbocycles. The van der Waals surface area contributed by atoms with E-state index in [0.29, 0.717) is 0 Å². The summed E-state index contributed by atoms with van der Waals surface area (Å²) in [5.41, 5.74) is 0. The first-order valence-electron chi connectivity index (χ1n) is 1.40. The van der Waals surface area contributed by atoms with Crippen molar-refractivity contribution < 1.29 is 132 Å². The third-order valence-electron chi connectivity index (χ3n) is 0. The molecule has 0 aromatic heterocycles. The molecule has 0 aliphatic heterocycles. The Hall–Kier alpha value is 1.70. The Morgan fingerprint density at radius 1 is 0.588 bits per heavy atom. The molecule has 17 heteroatoms. The molecule has 0 rings (SSSR count). The molecule has 0 aliphatic carbocycles. The quantitative estimate of drug-likeness (QED) is 0.227. The molecule has 0 saturated heterocycles. The van der Waals surface area contributed by atoms with Gasteiger partial charge in [0, 0.05) is 17.1 Å². The second-order valence-electron chi connectivity index (χ2n) is 0.896. The molecule has 0 aromatic rings. The molecule has 0 fully saturated rings. The molecule has 0 aromatic carbocycles. The van der Waals surface area contributed by atoms with E-state index in [1.54, 1.807) is 0 Å². The van der Waals surface area contributed by atoms with Gasteiger partial charge in [0.15, 0.2) is 0 Å². The number of rotatable bonds is 0. The Kier molecular flexibility index (Phi) is 96.3. The van der Waals surface area contributed by atoms with Crippen LogP contribution in [0.25, 0.3) is 0 Å². The van der Waals surface area contributed by atoms with Crippen molar-refractivity contribution in [2.75, 3.05) is 0 Å². The van der Waals surface area contributed by atoms with Crippen LogP contribution >= 0.6 is 0 Å². The summed E-state index contributed by atoms with van der Waals surface area (Å²) in [5.74, 6) is 0. The third-order valence-corrected chi connectivity index (χ3v) is 0. The second-order valence-corrected chi connectivity index (χ2v) is 2.69. The molecule has 0 bridgehead atoms. The van der Waals surface area contributed by atoms with Gasteiger partial charge in [-0.3, -0.25) is 18.2 Å². The fourth-order valence-electron chi connectivity index (χ4n) is 0. The zero-order valence-corrected chi connectivity index (χ0v) is 13.7. The molecule has 117 valence electrons. The first-order valence-corrected chi connectivity index (χ1v) is 4.19. The van der Waals surface area contributed by atoms with Gasteiger partial charge in [-0.2, -0.15) is 16.8 Å². The summed E-state index contributed by atoms with van der Waals surface area (Å²) in [4.78, 5) is 0. The van der Waals surface area contributed by atoms with Crippen LogP contribution in [0.3, 0.4) is 0 Å². The maximum Gasteiger partial charge on any atom is 1.00 e. The van der Waals surface area contributed by atoms with Gasteiger partial charge < -0.3 is 28.8 Å². The van der Waals surface area contributed by atoms with Gasteiger partial charge in [-0.25, -0.2) is 0 Å². The first kappa shape index (κ1) is 62.3. The molecule has 0 atom stereocenters. The maximum absolute atomic E-state index is 8.74. The van der Waals surface area contributed by atoms with Gasteiger partial charge in [-0.1, -0.05) is 0 Å². The van der Waals surface area contributed by atoms with E-state index in [4.69, 9.17) is 35.0 Å². The molecule has 0 aliphatic rings. The van der Waals surface area contributed by atoms with Gasteiger partial charge in [-0.15, -0.1) is 0 Å². The summed E-state index contributed by atoms with van der Waals surface area (Å²) in [6.45, 7) is 0. The van der Waals surface area contributed by atoms with Crippen LogP contribution in [0.15, 0.2) is 0 Å². The van der Waals surface area contributed by atoms with Crippen LogP contribution in [-0.2, 0) is 37.9 Å². The Morgan fingerprint density at radius 2 is 0.588 bits per heavy atom. The van der Waals surface area contributed by atoms with Crippen molar-refractivity contribution in [2.24, 2.45) is 0 Å². The number of hydrogen-bond acceptors (Lipinski definition) is 4. The first-order chi connectivity index (χ1) is 4.00. The summed E-state index contributed by atoms with van der Waals surface area (Å²) in [5, 5.41) is 0. The van der Waals surface area contributed by atoms with Crippen LogP contribution in [0, 0.1) is 0 Å². The Labute approximate surface area is 151 Å². The largest absolute Gasteiger partial charge is 1.00 e. The summed E-state index contributed by atoms with van der Waals surface area (Å²) in [7, 11) is -9.33. The van der Waals surface area contributed by atoms with E-state index in [9.17, 15) is 0 Å². The molecular formula is H15CuKO13S2. The zero-order valence-electron chi connectivity index (χ0n) is 9.04. The minimum atomic E-state index is -4.67. The monoisotopic (exact) mass is 389 g/mol. The smallest absolute Gasteiger partial charge is 1.00 e. The van der Waals surface area contributed by atoms with Crippen molar-refractivity contribution in [3.8, 4) is 0 Å². The van der Waals surface area contributed by atoms with Crippen molar-refractivity contribution in [1.82, 2.24) is 0 Å². The SMILES string of the molecule is O.O.O.O.O.O=S(=O)(O)O.O=S(=O)(O)O.[Cu].[H-].[K+]. The van der Waals surface area contributed by atoms with Gasteiger partial charge >= 0.3 is 72.2 Å². The molecule has 17 heavy (non-hydrogen) atoms. The van der Waals surface area contributed by atoms with Crippen LogP contribution in [0.2, 0.25) is 0 Å². The van der Waals surface area contributed by atoms with Crippen molar-refractivity contribution in [2.45, 2.75) is 0 Å². The van der Waals surface area contributed by atoms with Crippen LogP contribution < -0.4 is 51.4 Å². The predicted octanol–water partition coefficient (Wildman–Crippen LogP) is -8.32. The van der Waals surface area contributed by atoms with Gasteiger partial charge in [0.25, 0.3) is 0 Å². The van der Waals surface area contributed by atoms with Crippen molar-refractivity contribution >= 4 is 20.8 Å². The molecule has 0 amide bonds. The summed E-state index contributed by atoms with van der Waals surface area (Å²) in [6, 6.07) is 0. The van der Waals surface area contributed by atoms with Gasteiger partial charge in [0.1, 0.15) is 0 Å². The Balaban J connectivity index is -0.00000000615. The molecule has 0 heterocycles. The van der Waals surface area contributed by atoms with Gasteiger partial charge in [0.05, 0.1) is 0 Å². The molecular weight excluding hydrogens is 375 g/mol. The van der Waals surface area contributed by atoms with E-state index in [1.807, 2.05) is 0 Å². The fourth-order valence-corrected chi connectivity index (χ4v) is 0. The van der Waals surface area contributed by atoms with Crippen molar-refractivity contribution in [3.05, 3.63) is 0 Å². The zero-order chi connectivity index (χ0) is 9.00. The van der Waals surface area contributed by atoms with Crippen molar-refractivity contribution in [1.29, 1.82) is 0 Å². The van der Waals surface area contributed by atoms with Crippen LogP contribution in [0.5, 0.6) is 0 Å². The maximum atomic E-state index is 8.74. The van der Waals surface area contributed by atoms with E-state index in [1.165, 1.54) is 0 Å². The summed E-state index contributed by atoms with van der Waals surface area (Å²) >= 11 is 0. The van der Waals surface area contributed by atoms with E-state index in [-0.39, 0.29) is 97.3 Å². The average molecular weight is 390 g/mol. The van der Waals surface area contributed by atoms with E-state index in [0.717, 1.165) is 0 Å². The molecule has 1 radical (unpaired) electrons. The minimum Gasteiger partial charge on any atom is -1.00 e. The second kappa shape index (κ2) is 26.3. The molecule has 0 spiro atoms. The van der Waals surface area contributed by atoms with Crippen LogP contribution in [0.4, 0.5) is 0 Å². The van der Waals surface area contributed by atoms with E-state index >= 15 is 0 Å². The standard InChI is InChI=1S/Cu.K.2H2O4S.5H2O.H/c;;2*1-5(2,3)4;;;;;;/h;;2*(H2,1,2,3,4);5*1H2;/q;+1;;;;;;;;-1. The molecule has 14 N–H and O–H groups in total. The van der Waals surface area contributed by atoms with Gasteiger partial charge in [-0.05, 0) is 0 Å². The van der Waals surface area contributed by atoms with E-state index in [2.05, 4.69) is 0 Å². The van der Waals surface area contributed by atoms with Crippen LogP contribution in [-0.4, -0.2) is 62.4 Å². The Morgan fingerprint density at radius 3 is 0.588 bits per heavy atom. The summed E-state index contributed by atoms with van der Waals surface area (Å²) in [6.07, 6.45) is 0. The minimum absolute atomic E-state index is 0. The summed E-state index contributed by atoms with van der Waals surface area (Å²) < 4.78 is 63.2. The average Bonchev–Trinajstić information content (AvgIpc) is 1.12. The van der Waals surface area contributed by atoms with Gasteiger partial charge in [0.2, 0.25) is 0 Å². The normalized spacial score (nSPS) is 6.82.